The molecule has 1 heterocycles. The van der Waals surface area contributed by atoms with E-state index in [9.17, 15) is 30.3 Å². The highest BCUT2D eigenvalue weighted by molar-refractivity contribution is 5.76. The summed E-state index contributed by atoms with van der Waals surface area (Å²) >= 11 is 0. The monoisotopic (exact) mass is 1000 g/mol. The number of allylic oxidation sites excluding steroid dienone is 21. The van der Waals surface area contributed by atoms with Gasteiger partial charge in [0.25, 0.3) is 0 Å². The highest BCUT2D eigenvalue weighted by atomic mass is 16.7. The molecule has 1 rings (SSSR count). The number of hydrogen-bond acceptors (Lipinski definition) is 8. The lowest BCUT2D eigenvalue weighted by Crippen LogP contribution is -2.60. The Bertz CT molecular complexity index is 1580. The lowest BCUT2D eigenvalue weighted by Gasteiger charge is -2.40. The van der Waals surface area contributed by atoms with E-state index in [1.807, 2.05) is 6.08 Å². The fraction of sp³-hybridized carbons (Fsp3) is 0.635. The van der Waals surface area contributed by atoms with Crippen LogP contribution < -0.4 is 5.32 Å². The molecule has 0 spiro atoms. The summed E-state index contributed by atoms with van der Waals surface area (Å²) < 4.78 is 11.2. The molecular formula is C63H103NO8. The number of nitrogens with one attached hydrogen (secondary N) is 1. The van der Waals surface area contributed by atoms with E-state index in [0.29, 0.717) is 6.42 Å². The lowest BCUT2D eigenvalue weighted by molar-refractivity contribution is -0.302. The molecular weight excluding hydrogens is 899 g/mol. The van der Waals surface area contributed by atoms with Crippen LogP contribution >= 0.6 is 0 Å². The first kappa shape index (κ1) is 66.3. The van der Waals surface area contributed by atoms with Crippen molar-refractivity contribution in [2.45, 2.75) is 243 Å². The van der Waals surface area contributed by atoms with Crippen molar-refractivity contribution in [2.75, 3.05) is 13.2 Å². The van der Waals surface area contributed by atoms with Crippen molar-refractivity contribution in [1.29, 1.82) is 0 Å². The smallest absolute Gasteiger partial charge is 0.220 e. The van der Waals surface area contributed by atoms with Crippen molar-refractivity contribution >= 4 is 5.91 Å². The second kappa shape index (κ2) is 50.8. The number of rotatable bonds is 46. The molecule has 6 N–H and O–H groups in total. The van der Waals surface area contributed by atoms with E-state index in [0.717, 1.165) is 116 Å². The highest BCUT2D eigenvalue weighted by Crippen LogP contribution is 2.22. The van der Waals surface area contributed by atoms with Gasteiger partial charge in [-0.15, -0.1) is 0 Å². The van der Waals surface area contributed by atoms with Crippen LogP contribution in [0.2, 0.25) is 0 Å². The summed E-state index contributed by atoms with van der Waals surface area (Å²) in [5.41, 5.74) is 0. The third kappa shape index (κ3) is 39.8. The van der Waals surface area contributed by atoms with Crippen molar-refractivity contribution in [3.05, 3.63) is 134 Å². The first-order valence-electron chi connectivity index (χ1n) is 28.4. The third-order valence-corrected chi connectivity index (χ3v) is 12.5. The average molecular weight is 1000 g/mol. The highest BCUT2D eigenvalue weighted by Gasteiger charge is 2.44. The van der Waals surface area contributed by atoms with E-state index in [4.69, 9.17) is 9.47 Å². The van der Waals surface area contributed by atoms with Crippen LogP contribution in [0.25, 0.3) is 0 Å². The summed E-state index contributed by atoms with van der Waals surface area (Å²) in [5.74, 6) is -0.191. The molecule has 0 aromatic heterocycles. The summed E-state index contributed by atoms with van der Waals surface area (Å²) in [4.78, 5) is 13.0. The molecule has 9 heteroatoms. The Labute approximate surface area is 439 Å². The lowest BCUT2D eigenvalue weighted by atomic mass is 9.99. The van der Waals surface area contributed by atoms with E-state index in [2.05, 4.69) is 141 Å². The Morgan fingerprint density at radius 2 is 0.861 bits per heavy atom. The number of ether oxygens (including phenoxy) is 2. The SMILES string of the molecule is CC/C=C\C/C=C\C/C=C\C/C=C\C/C=C\C/C=C\C/C=C\C/C=C\C/C=C\C/C=C\CCCCCCCCCCCCC(=O)NC(COC1OC(CO)C(O)C(O)C1O)C(O)/C=C/CCCCCCCC. The van der Waals surface area contributed by atoms with Crippen LogP contribution in [0.4, 0.5) is 0 Å². The zero-order chi connectivity index (χ0) is 52.2. The maximum Gasteiger partial charge on any atom is 0.220 e. The molecule has 1 amide bonds. The molecule has 0 aromatic rings. The Morgan fingerprint density at radius 3 is 1.28 bits per heavy atom. The molecule has 1 aliphatic rings. The summed E-state index contributed by atoms with van der Waals surface area (Å²) in [6.07, 6.45) is 71.2. The Balaban J connectivity index is 2.09. The third-order valence-electron chi connectivity index (χ3n) is 12.5. The second-order valence-electron chi connectivity index (χ2n) is 19.0. The number of aliphatic hydroxyl groups excluding tert-OH is 5. The molecule has 0 saturated carbocycles. The van der Waals surface area contributed by atoms with Gasteiger partial charge in [-0.05, 0) is 96.3 Å². The van der Waals surface area contributed by atoms with Crippen LogP contribution in [0.3, 0.4) is 0 Å². The minimum atomic E-state index is -1.57. The van der Waals surface area contributed by atoms with Crippen LogP contribution in [-0.2, 0) is 14.3 Å². The maximum atomic E-state index is 13.0. The molecule has 0 aliphatic carbocycles. The zero-order valence-corrected chi connectivity index (χ0v) is 45.1. The van der Waals surface area contributed by atoms with Gasteiger partial charge in [0.1, 0.15) is 24.4 Å². The zero-order valence-electron chi connectivity index (χ0n) is 45.1. The van der Waals surface area contributed by atoms with Crippen molar-refractivity contribution in [3.63, 3.8) is 0 Å². The number of carbonyl (C=O) groups is 1. The van der Waals surface area contributed by atoms with E-state index >= 15 is 0 Å². The standard InChI is InChI=1S/C63H103NO8/c1-3-5-7-9-11-13-14-15-16-17-18-19-20-21-22-23-24-25-26-27-28-29-30-31-32-33-34-35-36-37-38-39-40-41-42-43-44-45-47-49-51-53-59(67)64-56(57(66)52-50-48-46-12-10-8-6-4-2)55-71-63-62(70)61(69)60(68)58(54-65)72-63/h5,7,11,13,15-16,18-19,21-22,24-25,27-28,30-31,33-34,36-37,50,52,56-58,60-63,65-66,68-70H,3-4,6,8-10,12,14,17,20,23,26,29,32,35,38-49,51,53-55H2,1-2H3,(H,64,67)/b7-5-,13-11-,16-15-,19-18-,22-21-,25-24-,28-27-,31-30-,34-33-,37-36-,52-50+. The normalized spacial score (nSPS) is 20.2. The minimum Gasteiger partial charge on any atom is -0.394 e. The molecule has 7 unspecified atom stereocenters. The van der Waals surface area contributed by atoms with Crippen molar-refractivity contribution in [2.24, 2.45) is 0 Å². The van der Waals surface area contributed by atoms with E-state index in [1.165, 1.54) is 64.2 Å². The van der Waals surface area contributed by atoms with Crippen molar-refractivity contribution in [1.82, 2.24) is 5.32 Å². The fourth-order valence-corrected chi connectivity index (χ4v) is 8.01. The van der Waals surface area contributed by atoms with Gasteiger partial charge in [-0.1, -0.05) is 231 Å². The number of unbranched alkanes of at least 4 members (excludes halogenated alkanes) is 16. The van der Waals surface area contributed by atoms with Crippen LogP contribution in [0.1, 0.15) is 200 Å². The first-order valence-corrected chi connectivity index (χ1v) is 28.4. The fourth-order valence-electron chi connectivity index (χ4n) is 8.01. The molecule has 7 atom stereocenters. The minimum absolute atomic E-state index is 0.191. The average Bonchev–Trinajstić information content (AvgIpc) is 3.38. The van der Waals surface area contributed by atoms with Gasteiger partial charge in [-0.3, -0.25) is 4.79 Å². The van der Waals surface area contributed by atoms with Gasteiger partial charge < -0.3 is 40.3 Å². The van der Waals surface area contributed by atoms with Crippen molar-refractivity contribution < 1.29 is 39.8 Å². The molecule has 0 bridgehead atoms. The van der Waals surface area contributed by atoms with Crippen LogP contribution in [0.15, 0.2) is 134 Å². The van der Waals surface area contributed by atoms with Crippen LogP contribution in [0.5, 0.6) is 0 Å². The number of aliphatic hydroxyl groups is 5. The Hall–Kier alpha value is -3.67. The molecule has 9 nitrogen and oxygen atoms in total. The van der Waals surface area contributed by atoms with Gasteiger partial charge in [0, 0.05) is 6.42 Å². The predicted octanol–water partition coefficient (Wildman–Crippen LogP) is 14.1. The van der Waals surface area contributed by atoms with Gasteiger partial charge in [0.2, 0.25) is 5.91 Å². The molecule has 1 fully saturated rings. The Kier molecular flexibility index (Phi) is 46.9. The van der Waals surface area contributed by atoms with Gasteiger partial charge in [-0.2, -0.15) is 0 Å². The summed E-state index contributed by atoms with van der Waals surface area (Å²) in [5, 5.41) is 54.1. The van der Waals surface area contributed by atoms with E-state index in [1.54, 1.807) is 6.08 Å². The first-order chi connectivity index (χ1) is 35.3. The maximum absolute atomic E-state index is 13.0. The number of hydrogen-bond donors (Lipinski definition) is 6. The molecule has 408 valence electrons. The summed E-state index contributed by atoms with van der Waals surface area (Å²) in [7, 11) is 0. The predicted molar refractivity (Wildman–Crippen MR) is 303 cm³/mol. The van der Waals surface area contributed by atoms with Crippen LogP contribution in [-0.4, -0.2) is 87.5 Å². The Morgan fingerprint density at radius 1 is 0.486 bits per heavy atom. The largest absolute Gasteiger partial charge is 0.394 e. The van der Waals surface area contributed by atoms with E-state index < -0.39 is 49.5 Å². The molecule has 0 aromatic carbocycles. The van der Waals surface area contributed by atoms with Gasteiger partial charge >= 0.3 is 0 Å². The summed E-state index contributed by atoms with van der Waals surface area (Å²) in [6, 6.07) is -0.813. The topological polar surface area (TPSA) is 149 Å². The van der Waals surface area contributed by atoms with Gasteiger partial charge in [0.05, 0.1) is 25.4 Å². The van der Waals surface area contributed by atoms with E-state index in [-0.39, 0.29) is 12.5 Å². The van der Waals surface area contributed by atoms with Gasteiger partial charge in [-0.25, -0.2) is 0 Å². The van der Waals surface area contributed by atoms with Crippen LogP contribution in [0, 0.1) is 0 Å². The summed E-state index contributed by atoms with van der Waals surface area (Å²) in [6.45, 7) is 3.59. The molecule has 1 aliphatic heterocycles. The number of carbonyl (C=O) groups excluding carboxylic acids is 1. The number of amides is 1. The molecule has 1 saturated heterocycles. The molecule has 72 heavy (non-hydrogen) atoms. The second-order valence-corrected chi connectivity index (χ2v) is 19.0. The van der Waals surface area contributed by atoms with Gasteiger partial charge in [0.15, 0.2) is 6.29 Å². The molecule has 0 radical (unpaired) electrons. The quantitative estimate of drug-likeness (QED) is 0.0261. The van der Waals surface area contributed by atoms with Crippen molar-refractivity contribution in [3.8, 4) is 0 Å².